The zero-order chi connectivity index (χ0) is 15.1. The van der Waals surface area contributed by atoms with Crippen LogP contribution in [-0.2, 0) is 4.79 Å². The average Bonchev–Trinajstić information content (AvgIpc) is 2.36. The van der Waals surface area contributed by atoms with E-state index in [1.54, 1.807) is 12.1 Å². The number of benzene rings is 1. The van der Waals surface area contributed by atoms with Gasteiger partial charge in [0.25, 0.3) is 0 Å². The van der Waals surface area contributed by atoms with Crippen molar-refractivity contribution in [2.45, 2.75) is 38.8 Å². The number of hydrogen-bond donors (Lipinski definition) is 4. The summed E-state index contributed by atoms with van der Waals surface area (Å²) >= 11 is 0. The molecule has 0 aliphatic carbocycles. The molecule has 0 spiro atoms. The minimum Gasteiger partial charge on any atom is -0.351 e. The lowest BCUT2D eigenvalue weighted by Gasteiger charge is -2.15. The predicted molar refractivity (Wildman–Crippen MR) is 86.3 cm³/mol. The summed E-state index contributed by atoms with van der Waals surface area (Å²) in [5, 5.41) is 5.39. The number of rotatable bonds is 6. The van der Waals surface area contributed by atoms with Crippen molar-refractivity contribution in [3.8, 4) is 0 Å². The predicted octanol–water partition coefficient (Wildman–Crippen LogP) is 1.90. The monoisotopic (exact) mass is 314 g/mol. The van der Waals surface area contributed by atoms with E-state index in [4.69, 9.17) is 11.5 Å². The van der Waals surface area contributed by atoms with Crippen molar-refractivity contribution in [2.75, 3.05) is 5.32 Å². The average molecular weight is 315 g/mol. The SMILES string of the molecule is CC(N)CCC(=O)NC(C)c1ccc(NC(N)=O)cc1.Cl. The second-order valence-corrected chi connectivity index (χ2v) is 4.92. The topological polar surface area (TPSA) is 110 Å². The molecule has 118 valence electrons. The van der Waals surface area contributed by atoms with Crippen LogP contribution in [0.4, 0.5) is 10.5 Å². The van der Waals surface area contributed by atoms with Crippen LogP contribution in [0, 0.1) is 0 Å². The number of nitrogens with two attached hydrogens (primary N) is 2. The summed E-state index contributed by atoms with van der Waals surface area (Å²) in [7, 11) is 0. The van der Waals surface area contributed by atoms with E-state index >= 15 is 0 Å². The van der Waals surface area contributed by atoms with Crippen LogP contribution < -0.4 is 22.1 Å². The van der Waals surface area contributed by atoms with Crippen LogP contribution >= 0.6 is 12.4 Å². The number of carbonyl (C=O) groups excluding carboxylic acids is 2. The highest BCUT2D eigenvalue weighted by atomic mass is 35.5. The first kappa shape index (κ1) is 19.2. The quantitative estimate of drug-likeness (QED) is 0.643. The van der Waals surface area contributed by atoms with E-state index in [-0.39, 0.29) is 30.4 Å². The molecule has 1 rings (SSSR count). The first-order chi connectivity index (χ1) is 9.38. The fourth-order valence-electron chi connectivity index (χ4n) is 1.75. The van der Waals surface area contributed by atoms with Gasteiger partial charge in [-0.3, -0.25) is 4.79 Å². The Balaban J connectivity index is 0.00000400. The van der Waals surface area contributed by atoms with Gasteiger partial charge in [-0.2, -0.15) is 0 Å². The Morgan fingerprint density at radius 3 is 2.24 bits per heavy atom. The minimum absolute atomic E-state index is 0. The van der Waals surface area contributed by atoms with Crippen molar-refractivity contribution >= 4 is 30.0 Å². The number of anilines is 1. The number of primary amides is 1. The van der Waals surface area contributed by atoms with Crippen LogP contribution in [0.25, 0.3) is 0 Å². The maximum Gasteiger partial charge on any atom is 0.316 e. The van der Waals surface area contributed by atoms with Gasteiger partial charge in [0, 0.05) is 18.2 Å². The third-order valence-corrected chi connectivity index (χ3v) is 2.88. The fourth-order valence-corrected chi connectivity index (χ4v) is 1.75. The first-order valence-corrected chi connectivity index (χ1v) is 6.60. The Morgan fingerprint density at radius 2 is 1.76 bits per heavy atom. The van der Waals surface area contributed by atoms with E-state index in [2.05, 4.69) is 10.6 Å². The van der Waals surface area contributed by atoms with Gasteiger partial charge in [0.15, 0.2) is 0 Å². The molecule has 21 heavy (non-hydrogen) atoms. The Labute approximate surface area is 131 Å². The van der Waals surface area contributed by atoms with Gasteiger partial charge in [0.05, 0.1) is 6.04 Å². The molecule has 0 saturated heterocycles. The minimum atomic E-state index is -0.602. The lowest BCUT2D eigenvalue weighted by atomic mass is 10.1. The summed E-state index contributed by atoms with van der Waals surface area (Å²) in [4.78, 5) is 22.4. The van der Waals surface area contributed by atoms with E-state index in [0.29, 0.717) is 18.5 Å². The maximum atomic E-state index is 11.7. The molecule has 0 bridgehead atoms. The largest absolute Gasteiger partial charge is 0.351 e. The Hall–Kier alpha value is -1.79. The summed E-state index contributed by atoms with van der Waals surface area (Å²) in [6.45, 7) is 3.78. The molecule has 0 aliphatic heterocycles. The highest BCUT2D eigenvalue weighted by Gasteiger charge is 2.10. The third kappa shape index (κ3) is 7.53. The third-order valence-electron chi connectivity index (χ3n) is 2.88. The molecule has 6 nitrogen and oxygen atoms in total. The van der Waals surface area contributed by atoms with Crippen molar-refractivity contribution in [1.29, 1.82) is 0 Å². The van der Waals surface area contributed by atoms with E-state index in [0.717, 1.165) is 5.56 Å². The molecule has 6 N–H and O–H groups in total. The first-order valence-electron chi connectivity index (χ1n) is 6.60. The molecular weight excluding hydrogens is 292 g/mol. The van der Waals surface area contributed by atoms with E-state index in [9.17, 15) is 9.59 Å². The summed E-state index contributed by atoms with van der Waals surface area (Å²) in [5.74, 6) is -0.0193. The van der Waals surface area contributed by atoms with Crippen LogP contribution in [-0.4, -0.2) is 18.0 Å². The molecule has 2 atom stereocenters. The Morgan fingerprint density at radius 1 is 1.19 bits per heavy atom. The van der Waals surface area contributed by atoms with Crippen molar-refractivity contribution in [2.24, 2.45) is 11.5 Å². The van der Waals surface area contributed by atoms with Gasteiger partial charge in [-0.15, -0.1) is 12.4 Å². The second-order valence-electron chi connectivity index (χ2n) is 4.92. The lowest BCUT2D eigenvalue weighted by molar-refractivity contribution is -0.121. The summed E-state index contributed by atoms with van der Waals surface area (Å²) in [5.41, 5.74) is 12.2. The van der Waals surface area contributed by atoms with Gasteiger partial charge in [-0.1, -0.05) is 12.1 Å². The number of carbonyl (C=O) groups is 2. The smallest absolute Gasteiger partial charge is 0.316 e. The molecule has 3 amide bonds. The molecule has 1 aromatic carbocycles. The number of hydrogen-bond acceptors (Lipinski definition) is 3. The van der Waals surface area contributed by atoms with Crippen LogP contribution in [0.15, 0.2) is 24.3 Å². The summed E-state index contributed by atoms with van der Waals surface area (Å²) in [6.07, 6.45) is 1.09. The number of nitrogens with one attached hydrogen (secondary N) is 2. The van der Waals surface area contributed by atoms with Crippen molar-refractivity contribution in [3.05, 3.63) is 29.8 Å². The Bertz CT molecular complexity index is 463. The normalized spacial score (nSPS) is 12.7. The van der Waals surface area contributed by atoms with Crippen LogP contribution in [0.2, 0.25) is 0 Å². The maximum absolute atomic E-state index is 11.7. The molecule has 7 heteroatoms. The molecule has 2 unspecified atom stereocenters. The summed E-state index contributed by atoms with van der Waals surface area (Å²) < 4.78 is 0. The molecule has 0 aliphatic rings. The molecule has 0 radical (unpaired) electrons. The zero-order valence-corrected chi connectivity index (χ0v) is 13.1. The van der Waals surface area contributed by atoms with Crippen LogP contribution in [0.3, 0.4) is 0 Å². The fraction of sp³-hybridized carbons (Fsp3) is 0.429. The molecule has 1 aromatic rings. The molecular formula is C14H23ClN4O2. The lowest BCUT2D eigenvalue weighted by Crippen LogP contribution is -2.28. The zero-order valence-electron chi connectivity index (χ0n) is 12.3. The van der Waals surface area contributed by atoms with E-state index in [1.165, 1.54) is 0 Å². The highest BCUT2D eigenvalue weighted by Crippen LogP contribution is 2.16. The van der Waals surface area contributed by atoms with Gasteiger partial charge in [-0.25, -0.2) is 4.79 Å². The van der Waals surface area contributed by atoms with Gasteiger partial charge in [0.1, 0.15) is 0 Å². The van der Waals surface area contributed by atoms with Gasteiger partial charge in [0.2, 0.25) is 5.91 Å². The number of urea groups is 1. The van der Waals surface area contributed by atoms with Crippen molar-refractivity contribution in [1.82, 2.24) is 5.32 Å². The number of amides is 3. The molecule has 0 heterocycles. The second kappa shape index (κ2) is 9.20. The van der Waals surface area contributed by atoms with Crippen molar-refractivity contribution < 1.29 is 9.59 Å². The van der Waals surface area contributed by atoms with Crippen molar-refractivity contribution in [3.63, 3.8) is 0 Å². The van der Waals surface area contributed by atoms with Gasteiger partial charge < -0.3 is 22.1 Å². The van der Waals surface area contributed by atoms with E-state index in [1.807, 2.05) is 26.0 Å². The van der Waals surface area contributed by atoms with Gasteiger partial charge in [-0.05, 0) is 38.0 Å². The highest BCUT2D eigenvalue weighted by molar-refractivity contribution is 5.87. The number of halogens is 1. The van der Waals surface area contributed by atoms with Crippen LogP contribution in [0.1, 0.15) is 38.3 Å². The molecule has 0 aromatic heterocycles. The van der Waals surface area contributed by atoms with E-state index < -0.39 is 6.03 Å². The van der Waals surface area contributed by atoms with Crippen LogP contribution in [0.5, 0.6) is 0 Å². The Kier molecular flexibility index (Phi) is 8.42. The molecule has 0 fully saturated rings. The molecule has 0 saturated carbocycles. The summed E-state index contributed by atoms with van der Waals surface area (Å²) in [6, 6.07) is 6.47. The standard InChI is InChI=1S/C14H22N4O2.ClH/c1-9(15)3-8-13(19)17-10(2)11-4-6-12(7-5-11)18-14(16)20;/h4-7,9-10H,3,8,15H2,1-2H3,(H,17,19)(H3,16,18,20);1H. The van der Waals surface area contributed by atoms with Gasteiger partial charge >= 0.3 is 6.03 Å².